The van der Waals surface area contributed by atoms with Crippen LogP contribution in [0.4, 0.5) is 0 Å². The SMILES string of the molecule is c1ccc(-c2ccc3ccc4ccc(-c5cccc(-c6ccc(-c7nc8c(-c9ccccc9)cccc8c8c7ccc7ccccc78)cc6)c5)nc4c3n2)cc1. The first-order chi connectivity index (χ1) is 27.7. The van der Waals surface area contributed by atoms with E-state index in [0.717, 1.165) is 94.1 Å². The van der Waals surface area contributed by atoms with Crippen LogP contribution < -0.4 is 0 Å². The summed E-state index contributed by atoms with van der Waals surface area (Å²) in [5, 5.41) is 8.16. The van der Waals surface area contributed by atoms with Gasteiger partial charge in [-0.15, -0.1) is 0 Å². The van der Waals surface area contributed by atoms with Gasteiger partial charge in [-0.25, -0.2) is 15.0 Å². The number of nitrogens with zero attached hydrogens (tertiary/aromatic N) is 3. The van der Waals surface area contributed by atoms with Crippen LogP contribution in [0.2, 0.25) is 0 Å². The fourth-order valence-corrected chi connectivity index (χ4v) is 8.24. The summed E-state index contributed by atoms with van der Waals surface area (Å²) in [7, 11) is 0. The Hall–Kier alpha value is -7.49. The first-order valence-corrected chi connectivity index (χ1v) is 19.0. The maximum atomic E-state index is 5.47. The highest BCUT2D eigenvalue weighted by Gasteiger charge is 2.17. The Labute approximate surface area is 324 Å². The second kappa shape index (κ2) is 13.1. The minimum Gasteiger partial charge on any atom is -0.246 e. The number of para-hydroxylation sites is 1. The number of pyridine rings is 3. The molecule has 11 aromatic rings. The van der Waals surface area contributed by atoms with Crippen molar-refractivity contribution < 1.29 is 0 Å². The normalized spacial score (nSPS) is 11.6. The topological polar surface area (TPSA) is 38.7 Å². The van der Waals surface area contributed by atoms with Gasteiger partial charge in [-0.1, -0.05) is 182 Å². The van der Waals surface area contributed by atoms with E-state index in [0.29, 0.717) is 0 Å². The molecule has 3 heteroatoms. The first kappa shape index (κ1) is 32.0. The molecule has 3 heterocycles. The second-order valence-corrected chi connectivity index (χ2v) is 14.4. The Morgan fingerprint density at radius 3 is 1.57 bits per heavy atom. The molecule has 8 aromatic carbocycles. The molecular formula is C53H33N3. The minimum atomic E-state index is 0.908. The van der Waals surface area contributed by atoms with Crippen molar-refractivity contribution in [3.05, 3.63) is 200 Å². The van der Waals surface area contributed by atoms with Gasteiger partial charge < -0.3 is 0 Å². The van der Waals surface area contributed by atoms with Crippen LogP contribution in [0.15, 0.2) is 200 Å². The minimum absolute atomic E-state index is 0.908. The Kier molecular flexibility index (Phi) is 7.49. The summed E-state index contributed by atoms with van der Waals surface area (Å²) >= 11 is 0. The maximum absolute atomic E-state index is 5.47. The third-order valence-corrected chi connectivity index (χ3v) is 11.0. The summed E-state index contributed by atoms with van der Waals surface area (Å²) in [5.74, 6) is 0. The van der Waals surface area contributed by atoms with Gasteiger partial charge in [-0.2, -0.15) is 0 Å². The summed E-state index contributed by atoms with van der Waals surface area (Å²) < 4.78 is 0. The lowest BCUT2D eigenvalue weighted by Gasteiger charge is -2.15. The van der Waals surface area contributed by atoms with E-state index in [1.54, 1.807) is 0 Å². The molecule has 0 saturated heterocycles. The van der Waals surface area contributed by atoms with E-state index in [9.17, 15) is 0 Å². The fraction of sp³-hybridized carbons (Fsp3) is 0. The third kappa shape index (κ3) is 5.40. The van der Waals surface area contributed by atoms with Gasteiger partial charge in [0.25, 0.3) is 0 Å². The predicted octanol–water partition coefficient (Wildman–Crippen LogP) is 14.0. The number of hydrogen-bond acceptors (Lipinski definition) is 3. The Bertz CT molecular complexity index is 3280. The molecular weight excluding hydrogens is 679 g/mol. The molecule has 11 rings (SSSR count). The molecule has 0 aliphatic rings. The van der Waals surface area contributed by atoms with Gasteiger partial charge in [-0.3, -0.25) is 0 Å². The van der Waals surface area contributed by atoms with E-state index >= 15 is 0 Å². The fourth-order valence-electron chi connectivity index (χ4n) is 8.24. The van der Waals surface area contributed by atoms with E-state index in [2.05, 4.69) is 182 Å². The molecule has 260 valence electrons. The molecule has 0 radical (unpaired) electrons. The van der Waals surface area contributed by atoms with Gasteiger partial charge in [0.15, 0.2) is 0 Å². The van der Waals surface area contributed by atoms with Crippen molar-refractivity contribution in [2.75, 3.05) is 0 Å². The zero-order valence-electron chi connectivity index (χ0n) is 30.4. The Morgan fingerprint density at radius 2 is 0.821 bits per heavy atom. The van der Waals surface area contributed by atoms with Gasteiger partial charge in [-0.05, 0) is 45.7 Å². The van der Waals surface area contributed by atoms with Crippen LogP contribution in [0.3, 0.4) is 0 Å². The molecule has 3 aromatic heterocycles. The van der Waals surface area contributed by atoms with Gasteiger partial charge in [0, 0.05) is 49.2 Å². The van der Waals surface area contributed by atoms with E-state index < -0.39 is 0 Å². The van der Waals surface area contributed by atoms with Crippen LogP contribution >= 0.6 is 0 Å². The highest BCUT2D eigenvalue weighted by atomic mass is 14.8. The maximum Gasteiger partial charge on any atom is 0.0972 e. The van der Waals surface area contributed by atoms with E-state index in [1.165, 1.54) is 16.2 Å². The van der Waals surface area contributed by atoms with Crippen molar-refractivity contribution in [3.8, 4) is 56.0 Å². The molecule has 0 amide bonds. The quantitative estimate of drug-likeness (QED) is 0.167. The molecule has 3 nitrogen and oxygen atoms in total. The predicted molar refractivity (Wildman–Crippen MR) is 235 cm³/mol. The summed E-state index contributed by atoms with van der Waals surface area (Å²) in [4.78, 5) is 15.8. The van der Waals surface area contributed by atoms with E-state index in [4.69, 9.17) is 15.0 Å². The van der Waals surface area contributed by atoms with Crippen LogP contribution in [-0.2, 0) is 0 Å². The van der Waals surface area contributed by atoms with E-state index in [1.807, 2.05) is 18.2 Å². The van der Waals surface area contributed by atoms with Gasteiger partial charge >= 0.3 is 0 Å². The van der Waals surface area contributed by atoms with Crippen LogP contribution in [-0.4, -0.2) is 15.0 Å². The number of benzene rings is 8. The lowest BCUT2D eigenvalue weighted by atomic mass is 9.92. The zero-order chi connectivity index (χ0) is 37.0. The summed E-state index contributed by atoms with van der Waals surface area (Å²) in [6.07, 6.45) is 0. The Morgan fingerprint density at radius 1 is 0.268 bits per heavy atom. The van der Waals surface area contributed by atoms with Crippen molar-refractivity contribution in [3.63, 3.8) is 0 Å². The standard InChI is InChI=1S/C53H33N3/c1-3-11-35(12-4-1)44-19-10-20-45-49-43-18-8-7-13-36(43)27-30-46(49)50(56-53(44)45)38-23-21-34(22-24-38)41-16-9-17-42(33-41)48-32-29-40-26-25-39-28-31-47(37-14-5-2-6-15-37)54-51(39)52(40)55-48/h1-33H. The average molecular weight is 712 g/mol. The molecule has 0 aliphatic carbocycles. The van der Waals surface area contributed by atoms with Crippen molar-refractivity contribution in [2.24, 2.45) is 0 Å². The van der Waals surface area contributed by atoms with Crippen LogP contribution in [0, 0.1) is 0 Å². The largest absolute Gasteiger partial charge is 0.246 e. The molecule has 0 atom stereocenters. The lowest BCUT2D eigenvalue weighted by molar-refractivity contribution is 1.36. The van der Waals surface area contributed by atoms with Gasteiger partial charge in [0.1, 0.15) is 0 Å². The number of aromatic nitrogens is 3. The average Bonchev–Trinajstić information content (AvgIpc) is 3.28. The smallest absolute Gasteiger partial charge is 0.0972 e. The summed E-state index contributed by atoms with van der Waals surface area (Å²) in [5.41, 5.74) is 13.5. The molecule has 0 aliphatic heterocycles. The molecule has 0 saturated carbocycles. The van der Waals surface area contributed by atoms with Crippen LogP contribution in [0.5, 0.6) is 0 Å². The number of hydrogen-bond donors (Lipinski definition) is 0. The molecule has 0 spiro atoms. The third-order valence-electron chi connectivity index (χ3n) is 11.0. The first-order valence-electron chi connectivity index (χ1n) is 19.0. The second-order valence-electron chi connectivity index (χ2n) is 14.4. The summed E-state index contributed by atoms with van der Waals surface area (Å²) in [6, 6.07) is 70.9. The van der Waals surface area contributed by atoms with Crippen molar-refractivity contribution in [1.29, 1.82) is 0 Å². The highest BCUT2D eigenvalue weighted by molar-refractivity contribution is 6.24. The molecule has 0 fully saturated rings. The number of fused-ring (bicyclic) bond motifs is 8. The number of rotatable bonds is 5. The molecule has 0 N–H and O–H groups in total. The van der Waals surface area contributed by atoms with Crippen molar-refractivity contribution in [1.82, 2.24) is 15.0 Å². The van der Waals surface area contributed by atoms with Gasteiger partial charge in [0.05, 0.1) is 33.6 Å². The lowest BCUT2D eigenvalue weighted by Crippen LogP contribution is -1.93. The zero-order valence-corrected chi connectivity index (χ0v) is 30.4. The Balaban J connectivity index is 1.01. The molecule has 56 heavy (non-hydrogen) atoms. The molecule has 0 bridgehead atoms. The molecule has 0 unspecified atom stereocenters. The highest BCUT2D eigenvalue weighted by Crippen LogP contribution is 2.40. The van der Waals surface area contributed by atoms with Gasteiger partial charge in [0.2, 0.25) is 0 Å². The van der Waals surface area contributed by atoms with Crippen molar-refractivity contribution in [2.45, 2.75) is 0 Å². The summed E-state index contributed by atoms with van der Waals surface area (Å²) in [6.45, 7) is 0. The van der Waals surface area contributed by atoms with Crippen molar-refractivity contribution >= 4 is 54.3 Å². The monoisotopic (exact) mass is 711 g/mol. The van der Waals surface area contributed by atoms with E-state index in [-0.39, 0.29) is 0 Å². The van der Waals surface area contributed by atoms with Crippen LogP contribution in [0.25, 0.3) is 110 Å². The van der Waals surface area contributed by atoms with Crippen LogP contribution in [0.1, 0.15) is 0 Å².